The molecule has 2 heterocycles. The maximum atomic E-state index is 5.60. The average molecular weight is 251 g/mol. The van der Waals surface area contributed by atoms with Crippen LogP contribution in [-0.4, -0.2) is 62.7 Å². The zero-order valence-corrected chi connectivity index (χ0v) is 11.8. The summed E-state index contributed by atoms with van der Waals surface area (Å²) in [7, 11) is 4.41. The van der Waals surface area contributed by atoms with Crippen LogP contribution in [0.4, 0.5) is 0 Å². The zero-order valence-electron chi connectivity index (χ0n) is 11.8. The van der Waals surface area contributed by atoms with Gasteiger partial charge in [-0.25, -0.2) is 0 Å². The number of hydrogen-bond donors (Lipinski definition) is 1. The fourth-order valence-corrected chi connectivity index (χ4v) is 2.44. The normalized spacial score (nSPS) is 21.7. The number of nitrogens with zero attached hydrogens (tertiary/aromatic N) is 2. The van der Waals surface area contributed by atoms with Crippen molar-refractivity contribution in [3.63, 3.8) is 0 Å². The van der Waals surface area contributed by atoms with Gasteiger partial charge in [-0.3, -0.25) is 4.90 Å². The van der Waals surface area contributed by atoms with Gasteiger partial charge in [0.1, 0.15) is 11.5 Å². The number of piperazine rings is 1. The molecule has 0 bridgehead atoms. The largest absolute Gasteiger partial charge is 0.466 e. The highest BCUT2D eigenvalue weighted by Crippen LogP contribution is 2.08. The molecule has 1 saturated heterocycles. The molecule has 4 heteroatoms. The molecule has 0 spiro atoms. The van der Waals surface area contributed by atoms with Gasteiger partial charge in [0.2, 0.25) is 0 Å². The van der Waals surface area contributed by atoms with Gasteiger partial charge < -0.3 is 14.6 Å². The van der Waals surface area contributed by atoms with E-state index < -0.39 is 0 Å². The van der Waals surface area contributed by atoms with Gasteiger partial charge in [0, 0.05) is 45.2 Å². The topological polar surface area (TPSA) is 31.6 Å². The number of rotatable bonds is 5. The molecule has 18 heavy (non-hydrogen) atoms. The Morgan fingerprint density at radius 3 is 3.00 bits per heavy atom. The Labute approximate surface area is 110 Å². The lowest BCUT2D eigenvalue weighted by Crippen LogP contribution is -2.53. The van der Waals surface area contributed by atoms with Crippen molar-refractivity contribution in [3.05, 3.63) is 23.7 Å². The maximum absolute atomic E-state index is 5.60. The molecule has 1 aliphatic heterocycles. The predicted octanol–water partition coefficient (Wildman–Crippen LogP) is 0.966. The second kappa shape index (κ2) is 6.36. The standard InChI is InChI=1S/C14H25N3O/c1-12-4-5-14(18-12)6-8-16(2)11-13-10-15-7-9-17(13)3/h4-5,13,15H,6-11H2,1-3H3. The molecule has 0 aliphatic carbocycles. The van der Waals surface area contributed by atoms with E-state index in [0.29, 0.717) is 6.04 Å². The first-order valence-electron chi connectivity index (χ1n) is 6.80. The van der Waals surface area contributed by atoms with Crippen molar-refractivity contribution in [2.75, 3.05) is 46.8 Å². The number of aryl methyl sites for hydroxylation is 1. The lowest BCUT2D eigenvalue weighted by molar-refractivity contribution is 0.152. The summed E-state index contributed by atoms with van der Waals surface area (Å²) in [6.07, 6.45) is 0.994. The van der Waals surface area contributed by atoms with E-state index in [-0.39, 0.29) is 0 Å². The van der Waals surface area contributed by atoms with Crippen LogP contribution in [-0.2, 0) is 6.42 Å². The Balaban J connectivity index is 1.72. The molecule has 0 aromatic carbocycles. The molecule has 1 unspecified atom stereocenters. The van der Waals surface area contributed by atoms with Crippen LogP contribution in [0.2, 0.25) is 0 Å². The number of likely N-dealkylation sites (N-methyl/N-ethyl adjacent to an activating group) is 2. The van der Waals surface area contributed by atoms with Crippen LogP contribution in [0.3, 0.4) is 0 Å². The van der Waals surface area contributed by atoms with E-state index in [0.717, 1.165) is 50.7 Å². The zero-order chi connectivity index (χ0) is 13.0. The van der Waals surface area contributed by atoms with Gasteiger partial charge in [-0.15, -0.1) is 0 Å². The monoisotopic (exact) mass is 251 g/mol. The first-order chi connectivity index (χ1) is 8.65. The van der Waals surface area contributed by atoms with E-state index in [1.54, 1.807) is 0 Å². The summed E-state index contributed by atoms with van der Waals surface area (Å²) < 4.78 is 5.60. The highest BCUT2D eigenvalue weighted by Gasteiger charge is 2.19. The molecular formula is C14H25N3O. The minimum absolute atomic E-state index is 0.627. The maximum Gasteiger partial charge on any atom is 0.105 e. The van der Waals surface area contributed by atoms with Crippen molar-refractivity contribution in [1.82, 2.24) is 15.1 Å². The molecule has 1 fully saturated rings. The molecule has 1 aromatic rings. The Hall–Kier alpha value is -0.840. The molecular weight excluding hydrogens is 226 g/mol. The van der Waals surface area contributed by atoms with Crippen molar-refractivity contribution < 1.29 is 4.42 Å². The molecule has 1 aromatic heterocycles. The summed E-state index contributed by atoms with van der Waals surface area (Å²) in [6, 6.07) is 4.74. The third-order valence-corrected chi connectivity index (χ3v) is 3.70. The summed E-state index contributed by atoms with van der Waals surface area (Å²) in [6.45, 7) is 7.52. The van der Waals surface area contributed by atoms with Gasteiger partial charge in [0.15, 0.2) is 0 Å². The summed E-state index contributed by atoms with van der Waals surface area (Å²) in [5.74, 6) is 2.10. The van der Waals surface area contributed by atoms with Gasteiger partial charge in [-0.05, 0) is 33.2 Å². The molecule has 2 rings (SSSR count). The van der Waals surface area contributed by atoms with E-state index in [2.05, 4.69) is 35.3 Å². The van der Waals surface area contributed by atoms with Gasteiger partial charge in [-0.2, -0.15) is 0 Å². The molecule has 1 N–H and O–H groups in total. The Morgan fingerprint density at radius 2 is 2.33 bits per heavy atom. The molecule has 1 aliphatic rings. The highest BCUT2D eigenvalue weighted by atomic mass is 16.3. The summed E-state index contributed by atoms with van der Waals surface area (Å²) in [5.41, 5.74) is 0. The lowest BCUT2D eigenvalue weighted by Gasteiger charge is -2.35. The van der Waals surface area contributed by atoms with Gasteiger partial charge in [0.25, 0.3) is 0 Å². The minimum atomic E-state index is 0.627. The fraction of sp³-hybridized carbons (Fsp3) is 0.714. The molecule has 0 amide bonds. The predicted molar refractivity (Wildman–Crippen MR) is 73.9 cm³/mol. The SMILES string of the molecule is Cc1ccc(CCN(C)CC2CNCCN2C)o1. The van der Waals surface area contributed by atoms with Crippen molar-refractivity contribution in [3.8, 4) is 0 Å². The lowest BCUT2D eigenvalue weighted by atomic mass is 10.2. The molecule has 0 saturated carbocycles. The third-order valence-electron chi connectivity index (χ3n) is 3.70. The third kappa shape index (κ3) is 3.83. The van der Waals surface area contributed by atoms with Crippen molar-refractivity contribution in [2.45, 2.75) is 19.4 Å². The summed E-state index contributed by atoms with van der Waals surface area (Å²) >= 11 is 0. The van der Waals surface area contributed by atoms with E-state index in [1.165, 1.54) is 0 Å². The molecule has 102 valence electrons. The van der Waals surface area contributed by atoms with Crippen LogP contribution < -0.4 is 5.32 Å². The van der Waals surface area contributed by atoms with Crippen LogP contribution in [0.15, 0.2) is 16.5 Å². The summed E-state index contributed by atoms with van der Waals surface area (Å²) in [5, 5.41) is 3.46. The first-order valence-corrected chi connectivity index (χ1v) is 6.80. The van der Waals surface area contributed by atoms with Crippen molar-refractivity contribution in [2.24, 2.45) is 0 Å². The van der Waals surface area contributed by atoms with Crippen LogP contribution >= 0.6 is 0 Å². The highest BCUT2D eigenvalue weighted by molar-refractivity contribution is 5.05. The number of hydrogen-bond acceptors (Lipinski definition) is 4. The van der Waals surface area contributed by atoms with Crippen LogP contribution in [0.1, 0.15) is 11.5 Å². The van der Waals surface area contributed by atoms with E-state index in [1.807, 2.05) is 13.0 Å². The first kappa shape index (κ1) is 13.6. The Kier molecular flexibility index (Phi) is 4.80. The second-order valence-electron chi connectivity index (χ2n) is 5.36. The molecule has 1 atom stereocenters. The molecule has 4 nitrogen and oxygen atoms in total. The minimum Gasteiger partial charge on any atom is -0.466 e. The smallest absolute Gasteiger partial charge is 0.105 e. The van der Waals surface area contributed by atoms with Crippen LogP contribution in [0, 0.1) is 6.92 Å². The van der Waals surface area contributed by atoms with Crippen LogP contribution in [0.5, 0.6) is 0 Å². The second-order valence-corrected chi connectivity index (χ2v) is 5.36. The Bertz CT molecular complexity index is 364. The van der Waals surface area contributed by atoms with Crippen LogP contribution in [0.25, 0.3) is 0 Å². The van der Waals surface area contributed by atoms with E-state index in [9.17, 15) is 0 Å². The van der Waals surface area contributed by atoms with Gasteiger partial charge >= 0.3 is 0 Å². The number of nitrogens with one attached hydrogen (secondary N) is 1. The Morgan fingerprint density at radius 1 is 1.50 bits per heavy atom. The van der Waals surface area contributed by atoms with E-state index in [4.69, 9.17) is 4.42 Å². The quantitative estimate of drug-likeness (QED) is 0.845. The average Bonchev–Trinajstić information content (AvgIpc) is 2.76. The van der Waals surface area contributed by atoms with Crippen molar-refractivity contribution in [1.29, 1.82) is 0 Å². The summed E-state index contributed by atoms with van der Waals surface area (Å²) in [4.78, 5) is 4.84. The fourth-order valence-electron chi connectivity index (χ4n) is 2.44. The van der Waals surface area contributed by atoms with E-state index >= 15 is 0 Å². The van der Waals surface area contributed by atoms with Crippen molar-refractivity contribution >= 4 is 0 Å². The van der Waals surface area contributed by atoms with Gasteiger partial charge in [-0.1, -0.05) is 0 Å². The number of furan rings is 1. The molecule has 0 radical (unpaired) electrons. The van der Waals surface area contributed by atoms with Gasteiger partial charge in [0.05, 0.1) is 0 Å².